The predicted molar refractivity (Wildman–Crippen MR) is 141 cm³/mol. The lowest BCUT2D eigenvalue weighted by Gasteiger charge is -2.54. The lowest BCUT2D eigenvalue weighted by Crippen LogP contribution is -2.70. The van der Waals surface area contributed by atoms with Crippen molar-refractivity contribution in [3.05, 3.63) is 29.3 Å². The van der Waals surface area contributed by atoms with Crippen molar-refractivity contribution < 1.29 is 23.2 Å². The van der Waals surface area contributed by atoms with Crippen LogP contribution in [0.5, 0.6) is 0 Å². The van der Waals surface area contributed by atoms with Crippen LogP contribution in [0.1, 0.15) is 57.8 Å². The maximum atomic E-state index is 15.1. The molecule has 3 N–H and O–H groups in total. The molecule has 3 saturated heterocycles. The molecule has 3 heterocycles. The number of anilines is 1. The van der Waals surface area contributed by atoms with E-state index in [1.165, 1.54) is 4.90 Å². The fourth-order valence-corrected chi connectivity index (χ4v) is 6.63. The summed E-state index contributed by atoms with van der Waals surface area (Å²) in [7, 11) is 0. The molecule has 0 radical (unpaired) electrons. The summed E-state index contributed by atoms with van der Waals surface area (Å²) in [6.45, 7) is 0.571. The Kier molecular flexibility index (Phi) is 7.99. The monoisotopic (exact) mass is 561 g/mol. The summed E-state index contributed by atoms with van der Waals surface area (Å²) in [5, 5.41) is 18.9. The SMILES string of the molecule is N#C[C@@H](C[C@@H]1CCCNC1=O)NC(=O)[C@@H]1[C@@H]2CC[C@@H](CC2(F)F)N1C(=O)[C@@H](CC1CC1)Nc1cccc(Cl)c1. The summed E-state index contributed by atoms with van der Waals surface area (Å²) in [4.78, 5) is 41.3. The van der Waals surface area contributed by atoms with Gasteiger partial charge in [0.05, 0.1) is 12.0 Å². The van der Waals surface area contributed by atoms with Crippen LogP contribution in [0.25, 0.3) is 0 Å². The smallest absolute Gasteiger partial charge is 0.255 e. The van der Waals surface area contributed by atoms with Crippen LogP contribution in [-0.4, -0.2) is 59.3 Å². The number of halogens is 3. The van der Waals surface area contributed by atoms with Crippen LogP contribution >= 0.6 is 11.6 Å². The maximum Gasteiger partial charge on any atom is 0.255 e. The van der Waals surface area contributed by atoms with Gasteiger partial charge in [0.15, 0.2) is 0 Å². The zero-order valence-electron chi connectivity index (χ0n) is 21.7. The zero-order valence-corrected chi connectivity index (χ0v) is 22.4. The van der Waals surface area contributed by atoms with E-state index in [0.29, 0.717) is 42.4 Å². The minimum atomic E-state index is -3.10. The molecule has 1 aromatic rings. The Morgan fingerprint density at radius 2 is 2.00 bits per heavy atom. The highest BCUT2D eigenvalue weighted by Gasteiger charge is 2.61. The Balaban J connectivity index is 1.38. The average Bonchev–Trinajstić information content (AvgIpc) is 3.72. The molecule has 6 rings (SSSR count). The molecule has 2 saturated carbocycles. The summed E-state index contributed by atoms with van der Waals surface area (Å²) in [5.41, 5.74) is 0.644. The molecule has 11 heteroatoms. The summed E-state index contributed by atoms with van der Waals surface area (Å²) in [5.74, 6) is -5.83. The third-order valence-electron chi connectivity index (χ3n) is 8.58. The lowest BCUT2D eigenvalue weighted by atomic mass is 9.71. The van der Waals surface area contributed by atoms with Gasteiger partial charge in [0, 0.05) is 35.6 Å². The van der Waals surface area contributed by atoms with Crippen molar-refractivity contribution in [3.8, 4) is 6.07 Å². The van der Waals surface area contributed by atoms with Crippen LogP contribution < -0.4 is 16.0 Å². The predicted octanol–water partition coefficient (Wildman–Crippen LogP) is 3.86. The van der Waals surface area contributed by atoms with Crippen molar-refractivity contribution in [1.29, 1.82) is 5.26 Å². The van der Waals surface area contributed by atoms with Gasteiger partial charge in [-0.15, -0.1) is 0 Å². The van der Waals surface area contributed by atoms with Crippen LogP contribution in [-0.2, 0) is 14.4 Å². The summed E-state index contributed by atoms with van der Waals surface area (Å²) < 4.78 is 30.3. The van der Waals surface area contributed by atoms with E-state index in [1.807, 2.05) is 6.07 Å². The number of piperidine rings is 3. The Labute approximate surface area is 231 Å². The molecule has 0 aromatic heterocycles. The minimum absolute atomic E-state index is 0.0971. The Morgan fingerprint density at radius 1 is 1.21 bits per heavy atom. The van der Waals surface area contributed by atoms with Gasteiger partial charge in [-0.05, 0) is 62.6 Å². The first kappa shape index (κ1) is 27.6. The van der Waals surface area contributed by atoms with Gasteiger partial charge in [0.2, 0.25) is 17.7 Å². The quantitative estimate of drug-likeness (QED) is 0.424. The van der Waals surface area contributed by atoms with E-state index in [1.54, 1.807) is 24.3 Å². The molecule has 5 aliphatic rings. The molecular formula is C28H34ClF2N5O3. The van der Waals surface area contributed by atoms with E-state index >= 15 is 8.78 Å². The number of nitrogens with zero attached hydrogens (tertiary/aromatic N) is 2. The molecule has 2 aliphatic carbocycles. The van der Waals surface area contributed by atoms with Crippen LogP contribution in [0.15, 0.2) is 24.3 Å². The van der Waals surface area contributed by atoms with E-state index in [2.05, 4.69) is 16.0 Å². The lowest BCUT2D eigenvalue weighted by molar-refractivity contribution is -0.194. The molecule has 1 aromatic carbocycles. The van der Waals surface area contributed by atoms with Gasteiger partial charge in [-0.1, -0.05) is 30.5 Å². The second-order valence-electron chi connectivity index (χ2n) is 11.4. The number of rotatable bonds is 9. The largest absolute Gasteiger partial charge is 0.374 e. The fraction of sp³-hybridized carbons (Fsp3) is 0.643. The third kappa shape index (κ3) is 6.13. The molecule has 2 bridgehead atoms. The number of carbonyl (C=O) groups excluding carboxylic acids is 3. The molecule has 6 atom stereocenters. The highest BCUT2D eigenvalue weighted by atomic mass is 35.5. The maximum absolute atomic E-state index is 15.1. The number of hydrogen-bond donors (Lipinski definition) is 3. The van der Waals surface area contributed by atoms with E-state index in [0.717, 1.165) is 19.3 Å². The molecule has 210 valence electrons. The highest BCUT2D eigenvalue weighted by molar-refractivity contribution is 6.30. The van der Waals surface area contributed by atoms with Crippen molar-refractivity contribution >= 4 is 35.0 Å². The first-order valence-electron chi connectivity index (χ1n) is 13.9. The van der Waals surface area contributed by atoms with Gasteiger partial charge in [0.1, 0.15) is 18.1 Å². The van der Waals surface area contributed by atoms with Gasteiger partial charge in [-0.2, -0.15) is 5.26 Å². The summed E-state index contributed by atoms with van der Waals surface area (Å²) in [6.07, 6.45) is 4.01. The van der Waals surface area contributed by atoms with Crippen LogP contribution in [0, 0.1) is 29.1 Å². The van der Waals surface area contributed by atoms with Crippen molar-refractivity contribution in [3.63, 3.8) is 0 Å². The Bertz CT molecular complexity index is 1160. The molecule has 0 unspecified atom stereocenters. The van der Waals surface area contributed by atoms with Crippen molar-refractivity contribution in [2.75, 3.05) is 11.9 Å². The Hall–Kier alpha value is -2.93. The first-order chi connectivity index (χ1) is 18.7. The Morgan fingerprint density at radius 3 is 2.67 bits per heavy atom. The summed E-state index contributed by atoms with van der Waals surface area (Å²) in [6, 6.07) is 5.10. The van der Waals surface area contributed by atoms with Gasteiger partial charge in [-0.25, -0.2) is 8.78 Å². The standard InChI is InChI=1S/C28H34ClF2N5O3/c29-18-4-1-5-19(13-18)34-23(11-16-6-7-16)27(39)36-21-8-9-22(28(30,31)14-21)24(36)26(38)35-20(15-32)12-17-3-2-10-33-25(17)37/h1,4-5,13,16-17,20-24,34H,2-3,6-12,14H2,(H,33,37)(H,35,38)/t17-,20+,21-,22-,23+,24-/m0/s1. The number of alkyl halides is 2. The van der Waals surface area contributed by atoms with E-state index in [-0.39, 0.29) is 24.7 Å². The first-order valence-corrected chi connectivity index (χ1v) is 14.2. The molecule has 8 nitrogen and oxygen atoms in total. The van der Waals surface area contributed by atoms with Crippen molar-refractivity contribution in [1.82, 2.24) is 15.5 Å². The minimum Gasteiger partial charge on any atom is -0.374 e. The topological polar surface area (TPSA) is 114 Å². The second kappa shape index (κ2) is 11.3. The molecular weight excluding hydrogens is 528 g/mol. The molecule has 5 fully saturated rings. The molecule has 3 amide bonds. The molecule has 3 aliphatic heterocycles. The fourth-order valence-electron chi connectivity index (χ4n) is 6.44. The van der Waals surface area contributed by atoms with Gasteiger partial charge in [0.25, 0.3) is 5.92 Å². The highest BCUT2D eigenvalue weighted by Crippen LogP contribution is 2.49. The van der Waals surface area contributed by atoms with E-state index in [9.17, 15) is 19.6 Å². The second-order valence-corrected chi connectivity index (χ2v) is 11.9. The van der Waals surface area contributed by atoms with Gasteiger partial charge in [-0.3, -0.25) is 14.4 Å². The molecule has 39 heavy (non-hydrogen) atoms. The number of hydrogen-bond acceptors (Lipinski definition) is 5. The normalized spacial score (nSPS) is 29.1. The van der Waals surface area contributed by atoms with Crippen LogP contribution in [0.2, 0.25) is 5.02 Å². The zero-order chi connectivity index (χ0) is 27.7. The van der Waals surface area contributed by atoms with Crippen LogP contribution in [0.4, 0.5) is 14.5 Å². The average molecular weight is 562 g/mol. The van der Waals surface area contributed by atoms with E-state index < -0.39 is 54.3 Å². The van der Waals surface area contributed by atoms with E-state index in [4.69, 9.17) is 11.6 Å². The number of amides is 3. The van der Waals surface area contributed by atoms with Crippen molar-refractivity contribution in [2.45, 2.75) is 87.9 Å². The third-order valence-corrected chi connectivity index (χ3v) is 8.82. The van der Waals surface area contributed by atoms with Crippen LogP contribution in [0.3, 0.4) is 0 Å². The number of fused-ring (bicyclic) bond motifs is 3. The summed E-state index contributed by atoms with van der Waals surface area (Å²) >= 11 is 6.14. The number of carbonyl (C=O) groups is 3. The van der Waals surface area contributed by atoms with Crippen molar-refractivity contribution in [2.24, 2.45) is 17.8 Å². The van der Waals surface area contributed by atoms with Gasteiger partial charge >= 0.3 is 0 Å². The number of nitrogens with one attached hydrogen (secondary N) is 3. The number of benzene rings is 1. The number of nitriles is 1. The van der Waals surface area contributed by atoms with Gasteiger partial charge < -0.3 is 20.9 Å². The molecule has 0 spiro atoms.